The molecule has 3 heterocycles. The molecule has 0 aliphatic rings. The lowest BCUT2D eigenvalue weighted by atomic mass is 10.2. The number of fused-ring (bicyclic) bond motifs is 1. The first kappa shape index (κ1) is 18.1. The van der Waals surface area contributed by atoms with Gasteiger partial charge in [0.15, 0.2) is 0 Å². The monoisotopic (exact) mass is 390 g/mol. The van der Waals surface area contributed by atoms with Crippen molar-refractivity contribution in [3.05, 3.63) is 93.1 Å². The van der Waals surface area contributed by atoms with E-state index >= 15 is 0 Å². The van der Waals surface area contributed by atoms with Crippen LogP contribution in [0.1, 0.15) is 26.4 Å². The van der Waals surface area contributed by atoms with Crippen molar-refractivity contribution in [3.8, 4) is 0 Å². The number of nitrogens with one attached hydrogen (secondary N) is 1. The fourth-order valence-electron chi connectivity index (χ4n) is 3.03. The Morgan fingerprint density at radius 2 is 1.93 bits per heavy atom. The summed E-state index contributed by atoms with van der Waals surface area (Å²) < 4.78 is 1.58. The summed E-state index contributed by atoms with van der Waals surface area (Å²) in [5.74, 6) is -0.210. The molecule has 7 heteroatoms. The third-order valence-electron chi connectivity index (χ3n) is 4.50. The van der Waals surface area contributed by atoms with Gasteiger partial charge in [-0.05, 0) is 29.7 Å². The van der Waals surface area contributed by atoms with Crippen LogP contribution in [-0.2, 0) is 13.1 Å². The van der Waals surface area contributed by atoms with Crippen molar-refractivity contribution in [2.75, 3.05) is 0 Å². The maximum absolute atomic E-state index is 13.0. The molecule has 0 fully saturated rings. The molecular weight excluding hydrogens is 372 g/mol. The van der Waals surface area contributed by atoms with Gasteiger partial charge < -0.3 is 5.32 Å². The molecule has 6 nitrogen and oxygen atoms in total. The molecule has 0 unspecified atom stereocenters. The minimum Gasteiger partial charge on any atom is -0.347 e. The highest BCUT2D eigenvalue weighted by atomic mass is 32.1. The summed E-state index contributed by atoms with van der Waals surface area (Å²) in [4.78, 5) is 35.1. The quantitative estimate of drug-likeness (QED) is 0.568. The van der Waals surface area contributed by atoms with Gasteiger partial charge in [-0.2, -0.15) is 0 Å². The molecule has 0 saturated carbocycles. The Kier molecular flexibility index (Phi) is 4.99. The van der Waals surface area contributed by atoms with Crippen LogP contribution < -0.4 is 10.9 Å². The molecule has 4 rings (SSSR count). The smallest absolute Gasteiger partial charge is 0.262 e. The van der Waals surface area contributed by atoms with Gasteiger partial charge in [-0.15, -0.1) is 11.3 Å². The summed E-state index contributed by atoms with van der Waals surface area (Å²) in [6.07, 6.45) is 4.94. The number of hydrogen-bond donors (Lipinski definition) is 1. The molecule has 0 atom stereocenters. The lowest BCUT2D eigenvalue weighted by Crippen LogP contribution is -2.23. The molecule has 0 radical (unpaired) electrons. The van der Waals surface area contributed by atoms with Crippen LogP contribution in [0, 0.1) is 6.92 Å². The summed E-state index contributed by atoms with van der Waals surface area (Å²) in [5, 5.41) is 3.40. The fourth-order valence-corrected chi connectivity index (χ4v) is 4.09. The Morgan fingerprint density at radius 1 is 1.14 bits per heavy atom. The lowest BCUT2D eigenvalue weighted by Gasteiger charge is -2.05. The normalized spacial score (nSPS) is 10.9. The van der Waals surface area contributed by atoms with Crippen LogP contribution in [0.5, 0.6) is 0 Å². The summed E-state index contributed by atoms with van der Waals surface area (Å²) in [6, 6.07) is 13.5. The van der Waals surface area contributed by atoms with Crippen molar-refractivity contribution in [1.29, 1.82) is 0 Å². The zero-order valence-corrected chi connectivity index (χ0v) is 16.1. The van der Waals surface area contributed by atoms with Gasteiger partial charge in [-0.3, -0.25) is 19.1 Å². The zero-order chi connectivity index (χ0) is 19.5. The van der Waals surface area contributed by atoms with E-state index in [9.17, 15) is 9.59 Å². The molecule has 0 aliphatic heterocycles. The first-order chi connectivity index (χ1) is 13.6. The second-order valence-corrected chi connectivity index (χ2v) is 7.44. The van der Waals surface area contributed by atoms with E-state index in [-0.39, 0.29) is 11.5 Å². The fraction of sp³-hybridized carbons (Fsp3) is 0.143. The molecule has 1 amide bonds. The van der Waals surface area contributed by atoms with Crippen molar-refractivity contribution in [3.63, 3.8) is 0 Å². The lowest BCUT2D eigenvalue weighted by molar-refractivity contribution is 0.0954. The predicted octanol–water partition coefficient (Wildman–Crippen LogP) is 3.14. The van der Waals surface area contributed by atoms with Gasteiger partial charge in [-0.1, -0.05) is 36.4 Å². The number of rotatable bonds is 5. The summed E-state index contributed by atoms with van der Waals surface area (Å²) in [7, 11) is 0. The van der Waals surface area contributed by atoms with Crippen LogP contribution in [-0.4, -0.2) is 20.4 Å². The molecule has 4 aromatic rings. The molecule has 0 spiro atoms. The number of amides is 1. The Bertz CT molecular complexity index is 1180. The van der Waals surface area contributed by atoms with Gasteiger partial charge >= 0.3 is 0 Å². The highest BCUT2D eigenvalue weighted by Gasteiger charge is 2.19. The minimum atomic E-state index is -0.210. The van der Waals surface area contributed by atoms with Gasteiger partial charge in [-0.25, -0.2) is 4.98 Å². The average molecular weight is 390 g/mol. The number of nitrogens with zero attached hydrogens (tertiary/aromatic N) is 3. The Morgan fingerprint density at radius 3 is 2.68 bits per heavy atom. The summed E-state index contributed by atoms with van der Waals surface area (Å²) in [5.41, 5.74) is 2.48. The Labute approximate surface area is 165 Å². The maximum atomic E-state index is 13.0. The minimum absolute atomic E-state index is 0.131. The number of carbonyl (C=O) groups is 1. The van der Waals surface area contributed by atoms with E-state index in [1.54, 1.807) is 30.2 Å². The van der Waals surface area contributed by atoms with E-state index in [1.165, 1.54) is 11.3 Å². The van der Waals surface area contributed by atoms with Crippen LogP contribution in [0.2, 0.25) is 0 Å². The standard InChI is InChI=1S/C21H18N4O2S/c1-14-17-20(24-13-25(21(17)27)12-15-6-3-2-4-7-15)28-18(14)19(26)23-11-16-8-5-9-22-10-16/h2-10,13H,11-12H2,1H3,(H,23,26). The SMILES string of the molecule is Cc1c(C(=O)NCc2cccnc2)sc2ncn(Cc3ccccc3)c(=O)c12. The molecule has 1 N–H and O–H groups in total. The van der Waals surface area contributed by atoms with Gasteiger partial charge in [0.25, 0.3) is 11.5 Å². The van der Waals surface area contributed by atoms with Crippen molar-refractivity contribution >= 4 is 27.5 Å². The average Bonchev–Trinajstić information content (AvgIpc) is 3.07. The molecule has 1 aromatic carbocycles. The van der Waals surface area contributed by atoms with E-state index in [0.29, 0.717) is 33.7 Å². The number of hydrogen-bond acceptors (Lipinski definition) is 5. The number of aromatic nitrogens is 3. The third-order valence-corrected chi connectivity index (χ3v) is 5.69. The molecule has 0 saturated heterocycles. The molecular formula is C21H18N4O2S. The summed E-state index contributed by atoms with van der Waals surface area (Å²) in [6.45, 7) is 2.63. The van der Waals surface area contributed by atoms with Crippen molar-refractivity contribution < 1.29 is 4.79 Å². The van der Waals surface area contributed by atoms with E-state index in [0.717, 1.165) is 11.1 Å². The van der Waals surface area contributed by atoms with E-state index in [1.807, 2.05) is 42.5 Å². The number of thiophene rings is 1. The molecule has 140 valence electrons. The Hall–Kier alpha value is -3.32. The zero-order valence-electron chi connectivity index (χ0n) is 15.3. The van der Waals surface area contributed by atoms with Gasteiger partial charge in [0, 0.05) is 18.9 Å². The van der Waals surface area contributed by atoms with E-state index < -0.39 is 0 Å². The summed E-state index contributed by atoms with van der Waals surface area (Å²) >= 11 is 1.24. The van der Waals surface area contributed by atoms with E-state index in [4.69, 9.17) is 0 Å². The van der Waals surface area contributed by atoms with Crippen molar-refractivity contribution in [2.45, 2.75) is 20.0 Å². The highest BCUT2D eigenvalue weighted by Crippen LogP contribution is 2.26. The second kappa shape index (κ2) is 7.74. The molecule has 3 aromatic heterocycles. The second-order valence-electron chi connectivity index (χ2n) is 6.44. The van der Waals surface area contributed by atoms with Crippen molar-refractivity contribution in [2.24, 2.45) is 0 Å². The number of carbonyl (C=O) groups excluding carboxylic acids is 1. The van der Waals surface area contributed by atoms with Gasteiger partial charge in [0.1, 0.15) is 4.83 Å². The molecule has 28 heavy (non-hydrogen) atoms. The first-order valence-corrected chi connectivity index (χ1v) is 9.64. The van der Waals surface area contributed by atoms with Crippen LogP contribution in [0.4, 0.5) is 0 Å². The highest BCUT2D eigenvalue weighted by molar-refractivity contribution is 7.20. The first-order valence-electron chi connectivity index (χ1n) is 8.83. The van der Waals surface area contributed by atoms with Crippen molar-refractivity contribution in [1.82, 2.24) is 19.9 Å². The topological polar surface area (TPSA) is 76.9 Å². The van der Waals surface area contributed by atoms with Crippen LogP contribution in [0.3, 0.4) is 0 Å². The largest absolute Gasteiger partial charge is 0.347 e. The van der Waals surface area contributed by atoms with Crippen LogP contribution in [0.15, 0.2) is 66.0 Å². The third kappa shape index (κ3) is 3.57. The Balaban J connectivity index is 1.62. The molecule has 0 bridgehead atoms. The van der Waals surface area contributed by atoms with Gasteiger partial charge in [0.2, 0.25) is 0 Å². The van der Waals surface area contributed by atoms with E-state index in [2.05, 4.69) is 15.3 Å². The predicted molar refractivity (Wildman–Crippen MR) is 110 cm³/mol. The van der Waals surface area contributed by atoms with Gasteiger partial charge in [0.05, 0.1) is 23.1 Å². The molecule has 0 aliphatic carbocycles. The van der Waals surface area contributed by atoms with Crippen LogP contribution >= 0.6 is 11.3 Å². The number of aryl methyl sites for hydroxylation is 1. The maximum Gasteiger partial charge on any atom is 0.262 e. The number of pyridine rings is 1. The van der Waals surface area contributed by atoms with Crippen LogP contribution in [0.25, 0.3) is 10.2 Å². The number of benzene rings is 1.